The zero-order chi connectivity index (χ0) is 40.2. The van der Waals surface area contributed by atoms with Crippen LogP contribution in [0, 0.1) is 6.92 Å². The lowest BCUT2D eigenvalue weighted by Crippen LogP contribution is -2.63. The molecule has 7 heterocycles. The summed E-state index contributed by atoms with van der Waals surface area (Å²) in [7, 11) is 1.89. The lowest BCUT2D eigenvalue weighted by atomic mass is 10.00. The van der Waals surface area contributed by atoms with Crippen LogP contribution in [0.2, 0.25) is 0 Å². The van der Waals surface area contributed by atoms with Gasteiger partial charge in [0, 0.05) is 106 Å². The Balaban J connectivity index is 0.724. The van der Waals surface area contributed by atoms with Crippen molar-refractivity contribution in [2.24, 2.45) is 7.05 Å². The van der Waals surface area contributed by atoms with Gasteiger partial charge in [-0.25, -0.2) is 19.7 Å². The molecule has 16 heteroatoms. The Bertz CT molecular complexity index is 2630. The van der Waals surface area contributed by atoms with E-state index < -0.39 is 6.03 Å². The number of imide groups is 1. The first-order valence-corrected chi connectivity index (χ1v) is 20.1. The fourth-order valence-electron chi connectivity index (χ4n) is 8.62. The summed E-state index contributed by atoms with van der Waals surface area (Å²) in [5, 5.41) is 15.6. The van der Waals surface area contributed by atoms with E-state index in [2.05, 4.69) is 65.9 Å². The molecule has 300 valence electrons. The first kappa shape index (κ1) is 36.5. The van der Waals surface area contributed by atoms with E-state index in [-0.39, 0.29) is 18.2 Å². The van der Waals surface area contributed by atoms with Crippen LogP contribution in [0.4, 0.5) is 33.6 Å². The predicted molar refractivity (Wildman–Crippen MR) is 225 cm³/mol. The molecule has 10 rings (SSSR count). The van der Waals surface area contributed by atoms with Crippen molar-refractivity contribution < 1.29 is 19.1 Å². The Morgan fingerprint density at radius 2 is 1.80 bits per heavy atom. The van der Waals surface area contributed by atoms with Crippen molar-refractivity contribution in [3.8, 4) is 17.0 Å². The van der Waals surface area contributed by atoms with Crippen molar-refractivity contribution in [2.45, 2.75) is 25.8 Å². The molecule has 3 aromatic heterocycles. The highest BCUT2D eigenvalue weighted by molar-refractivity contribution is 6.10. The monoisotopic (exact) mass is 792 g/mol. The Kier molecular flexibility index (Phi) is 9.19. The van der Waals surface area contributed by atoms with Gasteiger partial charge in [-0.2, -0.15) is 5.10 Å². The normalized spacial score (nSPS) is 17.4. The van der Waals surface area contributed by atoms with Crippen LogP contribution in [0.3, 0.4) is 0 Å². The summed E-state index contributed by atoms with van der Waals surface area (Å²) in [6, 6.07) is 20.1. The molecule has 4 aliphatic heterocycles. The minimum absolute atomic E-state index is 0.132. The molecular formula is C43H44N12O4. The van der Waals surface area contributed by atoms with E-state index in [0.717, 1.165) is 93.8 Å². The molecular weight excluding hydrogens is 749 g/mol. The van der Waals surface area contributed by atoms with Gasteiger partial charge in [-0.05, 0) is 53.9 Å². The molecule has 59 heavy (non-hydrogen) atoms. The molecule has 3 N–H and O–H groups in total. The van der Waals surface area contributed by atoms with E-state index >= 15 is 0 Å². The van der Waals surface area contributed by atoms with Crippen molar-refractivity contribution in [2.75, 3.05) is 79.4 Å². The number of aryl methyl sites for hydroxylation is 1. The second kappa shape index (κ2) is 14.8. The van der Waals surface area contributed by atoms with Crippen molar-refractivity contribution in [3.05, 3.63) is 84.2 Å². The molecule has 6 aromatic rings. The standard InChI is InChI=1S/C43H44N12O4/c1-26-33(23-45-41-38(26)44-13-19-59-41)28-8-9-29-22-46-42(48-34(29)21-28)47-30-10-6-27(7-11-30)20-37(57)53-17-15-52(16-18-53)31-24-54(25-31)35-5-3-4-32-39(35)51(2)50-40(32)55-14-12-36(56)49-43(55)58/h3-11,21-23,31,44H,12-20,24-25H2,1-2H3,(H,46,47,48)(H,49,56,58). The first-order chi connectivity index (χ1) is 28.8. The third kappa shape index (κ3) is 6.88. The number of hydrogen-bond donors (Lipinski definition) is 3. The molecule has 4 amide bonds. The van der Waals surface area contributed by atoms with Crippen LogP contribution in [0.15, 0.2) is 73.1 Å². The van der Waals surface area contributed by atoms with Crippen LogP contribution in [0.25, 0.3) is 32.9 Å². The number of pyridine rings is 1. The summed E-state index contributed by atoms with van der Waals surface area (Å²) in [5.41, 5.74) is 8.72. The zero-order valence-corrected chi connectivity index (χ0v) is 32.9. The van der Waals surface area contributed by atoms with E-state index in [1.807, 2.05) is 71.5 Å². The zero-order valence-electron chi connectivity index (χ0n) is 32.9. The molecule has 0 unspecified atom stereocenters. The Labute approximate surface area is 340 Å². The molecule has 3 fully saturated rings. The third-order valence-corrected chi connectivity index (χ3v) is 11.9. The summed E-state index contributed by atoms with van der Waals surface area (Å²) in [4.78, 5) is 59.9. The van der Waals surface area contributed by atoms with Gasteiger partial charge in [0.2, 0.25) is 23.6 Å². The van der Waals surface area contributed by atoms with Crippen molar-refractivity contribution in [1.82, 2.24) is 39.8 Å². The quantitative estimate of drug-likeness (QED) is 0.199. The number of nitrogens with one attached hydrogen (secondary N) is 3. The Morgan fingerprint density at radius 3 is 2.61 bits per heavy atom. The predicted octanol–water partition coefficient (Wildman–Crippen LogP) is 4.46. The topological polar surface area (TPSA) is 166 Å². The molecule has 0 bridgehead atoms. The second-order valence-electron chi connectivity index (χ2n) is 15.6. The largest absolute Gasteiger partial charge is 0.474 e. The third-order valence-electron chi connectivity index (χ3n) is 11.9. The molecule has 0 aliphatic carbocycles. The van der Waals surface area contributed by atoms with Crippen LogP contribution >= 0.6 is 0 Å². The summed E-state index contributed by atoms with van der Waals surface area (Å²) in [5.74, 6) is 1.56. The smallest absolute Gasteiger partial charge is 0.329 e. The van der Waals surface area contributed by atoms with E-state index in [1.54, 1.807) is 4.90 Å². The Morgan fingerprint density at radius 1 is 0.966 bits per heavy atom. The second-order valence-corrected chi connectivity index (χ2v) is 15.6. The molecule has 0 spiro atoms. The molecule has 0 saturated carbocycles. The maximum Gasteiger partial charge on any atom is 0.329 e. The number of ether oxygens (including phenoxy) is 1. The molecule has 16 nitrogen and oxygen atoms in total. The maximum absolute atomic E-state index is 13.4. The summed E-state index contributed by atoms with van der Waals surface area (Å²) in [6.07, 6.45) is 4.27. The lowest BCUT2D eigenvalue weighted by molar-refractivity contribution is -0.132. The number of urea groups is 1. The fraction of sp³-hybridized carbons (Fsp3) is 0.326. The van der Waals surface area contributed by atoms with E-state index in [0.29, 0.717) is 56.4 Å². The van der Waals surface area contributed by atoms with Gasteiger partial charge >= 0.3 is 6.03 Å². The average Bonchev–Trinajstić information content (AvgIpc) is 3.57. The highest BCUT2D eigenvalue weighted by Crippen LogP contribution is 2.38. The van der Waals surface area contributed by atoms with Crippen molar-refractivity contribution in [3.63, 3.8) is 0 Å². The molecule has 3 saturated heterocycles. The fourth-order valence-corrected chi connectivity index (χ4v) is 8.62. The molecule has 0 radical (unpaired) electrons. The highest BCUT2D eigenvalue weighted by atomic mass is 16.5. The van der Waals surface area contributed by atoms with Gasteiger partial charge in [-0.3, -0.25) is 29.4 Å². The van der Waals surface area contributed by atoms with Gasteiger partial charge in [0.25, 0.3) is 0 Å². The number of fused-ring (bicyclic) bond motifs is 3. The van der Waals surface area contributed by atoms with Crippen LogP contribution in [0.1, 0.15) is 17.5 Å². The van der Waals surface area contributed by atoms with Crippen LogP contribution in [-0.2, 0) is 23.1 Å². The summed E-state index contributed by atoms with van der Waals surface area (Å²) in [6.45, 7) is 8.55. The van der Waals surface area contributed by atoms with E-state index in [9.17, 15) is 14.4 Å². The van der Waals surface area contributed by atoms with Crippen LogP contribution < -0.4 is 30.5 Å². The number of anilines is 5. The van der Waals surface area contributed by atoms with Gasteiger partial charge in [0.05, 0.1) is 23.1 Å². The minimum atomic E-state index is -0.438. The summed E-state index contributed by atoms with van der Waals surface area (Å²) >= 11 is 0. The number of carbonyl (C=O) groups is 3. The van der Waals surface area contributed by atoms with Gasteiger partial charge in [-0.1, -0.05) is 30.3 Å². The number of para-hydroxylation sites is 1. The SMILES string of the molecule is Cc1c(-c2ccc3cnc(Nc4ccc(CC(=O)N5CCN(C6CN(c7cccc8c(N9CCC(=O)NC9=O)nn(C)c78)C6)CC5)cc4)nc3c2)cnc2c1NCCO2. The lowest BCUT2D eigenvalue weighted by Gasteiger charge is -2.49. The Hall–Kier alpha value is -6.81. The first-order valence-electron chi connectivity index (χ1n) is 20.1. The molecule has 0 atom stereocenters. The van der Waals surface area contributed by atoms with Crippen LogP contribution in [-0.4, -0.2) is 117 Å². The van der Waals surface area contributed by atoms with E-state index in [1.165, 1.54) is 0 Å². The number of aromatic nitrogens is 5. The average molecular weight is 793 g/mol. The summed E-state index contributed by atoms with van der Waals surface area (Å²) < 4.78 is 7.53. The number of nitrogens with zero attached hydrogens (tertiary/aromatic N) is 9. The number of hydrogen-bond acceptors (Lipinski definition) is 12. The van der Waals surface area contributed by atoms with Crippen molar-refractivity contribution >= 4 is 68.5 Å². The number of amides is 4. The van der Waals surface area contributed by atoms with E-state index in [4.69, 9.17) is 9.72 Å². The number of carbonyl (C=O) groups excluding carboxylic acids is 3. The number of benzene rings is 3. The maximum atomic E-state index is 13.4. The number of piperazine rings is 1. The highest BCUT2D eigenvalue weighted by Gasteiger charge is 2.36. The minimum Gasteiger partial charge on any atom is -0.474 e. The number of rotatable bonds is 8. The van der Waals surface area contributed by atoms with Gasteiger partial charge < -0.3 is 25.2 Å². The molecule has 3 aromatic carbocycles. The van der Waals surface area contributed by atoms with Crippen molar-refractivity contribution in [1.29, 1.82) is 0 Å². The van der Waals surface area contributed by atoms with Gasteiger partial charge in [0.15, 0.2) is 5.82 Å². The van der Waals surface area contributed by atoms with Crippen LogP contribution in [0.5, 0.6) is 5.88 Å². The molecule has 4 aliphatic rings. The van der Waals surface area contributed by atoms with Gasteiger partial charge in [-0.15, -0.1) is 0 Å². The van der Waals surface area contributed by atoms with Gasteiger partial charge in [0.1, 0.15) is 12.3 Å².